The summed E-state index contributed by atoms with van der Waals surface area (Å²) in [5.74, 6) is -0.248. The molecule has 4 aromatic rings. The van der Waals surface area contributed by atoms with E-state index in [4.69, 9.17) is 17.3 Å². The number of nitrogens with two attached hydrogens (primary N) is 1. The highest BCUT2D eigenvalue weighted by Gasteiger charge is 2.22. The van der Waals surface area contributed by atoms with Crippen LogP contribution in [0.15, 0.2) is 54.6 Å². The molecule has 3 N–H and O–H groups in total. The average molecular weight is 338 g/mol. The van der Waals surface area contributed by atoms with E-state index in [1.165, 1.54) is 0 Å². The van der Waals surface area contributed by atoms with Gasteiger partial charge in [0.25, 0.3) is 0 Å². The fourth-order valence-electron chi connectivity index (χ4n) is 2.96. The molecule has 5 nitrogen and oxygen atoms in total. The molecule has 0 saturated carbocycles. The molecule has 2 aromatic carbocycles. The monoisotopic (exact) mass is 337 g/mol. The number of fused-ring (bicyclic) bond motifs is 2. The summed E-state index contributed by atoms with van der Waals surface area (Å²) in [5, 5.41) is 12.6. The summed E-state index contributed by atoms with van der Waals surface area (Å²) >= 11 is 6.36. The topological polar surface area (TPSA) is 81.1 Å². The third kappa shape index (κ3) is 2.02. The molecular formula is C18H12ClN3O2. The van der Waals surface area contributed by atoms with Gasteiger partial charge in [-0.1, -0.05) is 48.0 Å². The molecule has 0 aliphatic rings. The zero-order chi connectivity index (χ0) is 16.8. The molecule has 0 atom stereocenters. The number of primary amides is 1. The van der Waals surface area contributed by atoms with E-state index in [1.807, 2.05) is 30.3 Å². The van der Waals surface area contributed by atoms with Gasteiger partial charge in [-0.2, -0.15) is 0 Å². The molecule has 0 spiro atoms. The van der Waals surface area contributed by atoms with Crippen molar-refractivity contribution in [3.8, 4) is 17.1 Å². The van der Waals surface area contributed by atoms with Crippen molar-refractivity contribution in [3.63, 3.8) is 0 Å². The van der Waals surface area contributed by atoms with Crippen LogP contribution in [-0.2, 0) is 0 Å². The van der Waals surface area contributed by atoms with Crippen LogP contribution in [0.4, 0.5) is 4.79 Å². The van der Waals surface area contributed by atoms with Crippen molar-refractivity contribution in [1.29, 1.82) is 0 Å². The second-order valence-electron chi connectivity index (χ2n) is 5.40. The van der Waals surface area contributed by atoms with Crippen LogP contribution in [0.5, 0.6) is 5.88 Å². The molecule has 118 valence electrons. The first-order valence-electron chi connectivity index (χ1n) is 7.26. The number of pyridine rings is 1. The summed E-state index contributed by atoms with van der Waals surface area (Å²) in [6.07, 6.45) is 0. The lowest BCUT2D eigenvalue weighted by molar-refractivity contribution is 0.248. The van der Waals surface area contributed by atoms with Crippen LogP contribution < -0.4 is 5.73 Å². The van der Waals surface area contributed by atoms with Crippen LogP contribution in [0.2, 0.25) is 5.02 Å². The van der Waals surface area contributed by atoms with Crippen LogP contribution in [0.25, 0.3) is 33.1 Å². The normalized spacial score (nSPS) is 11.2. The van der Waals surface area contributed by atoms with Crippen LogP contribution in [0.3, 0.4) is 0 Å². The Morgan fingerprint density at radius 1 is 1.08 bits per heavy atom. The molecule has 2 heterocycles. The fraction of sp³-hybridized carbons (Fsp3) is 0. The van der Waals surface area contributed by atoms with Crippen LogP contribution in [0.1, 0.15) is 0 Å². The van der Waals surface area contributed by atoms with E-state index in [0.717, 1.165) is 9.95 Å². The number of carbonyl (C=O) groups is 1. The summed E-state index contributed by atoms with van der Waals surface area (Å²) in [5.41, 5.74) is 7.54. The lowest BCUT2D eigenvalue weighted by Gasteiger charge is -2.06. The molecule has 24 heavy (non-hydrogen) atoms. The third-order valence-corrected chi connectivity index (χ3v) is 4.30. The van der Waals surface area contributed by atoms with Gasteiger partial charge in [-0.05, 0) is 18.2 Å². The van der Waals surface area contributed by atoms with Gasteiger partial charge in [0.15, 0.2) is 0 Å². The first kappa shape index (κ1) is 14.5. The molecule has 0 bridgehead atoms. The minimum atomic E-state index is -0.762. The lowest BCUT2D eigenvalue weighted by Crippen LogP contribution is -2.18. The standard InChI is InChI=1S/C18H12ClN3O2/c19-12-9-14(21-13-7-3-1-5-10(12)13)16-11-6-2-4-8-15(11)22(17(16)23)18(20)24/h1-9,23H,(H2,20,24). The van der Waals surface area contributed by atoms with E-state index in [9.17, 15) is 9.90 Å². The maximum absolute atomic E-state index is 11.7. The predicted molar refractivity (Wildman–Crippen MR) is 94.3 cm³/mol. The largest absolute Gasteiger partial charge is 0.494 e. The highest BCUT2D eigenvalue weighted by Crippen LogP contribution is 2.40. The van der Waals surface area contributed by atoms with Gasteiger partial charge in [-0.15, -0.1) is 0 Å². The number of amides is 1. The Morgan fingerprint density at radius 2 is 1.75 bits per heavy atom. The number of halogens is 1. The van der Waals surface area contributed by atoms with Gasteiger partial charge in [0.1, 0.15) is 0 Å². The molecule has 0 unspecified atom stereocenters. The van der Waals surface area contributed by atoms with Crippen molar-refractivity contribution in [2.24, 2.45) is 5.73 Å². The molecule has 0 aliphatic heterocycles. The fourth-order valence-corrected chi connectivity index (χ4v) is 3.23. The first-order valence-corrected chi connectivity index (χ1v) is 7.63. The number of nitrogens with zero attached hydrogens (tertiary/aromatic N) is 2. The Hall–Kier alpha value is -3.05. The van der Waals surface area contributed by atoms with Crippen molar-refractivity contribution < 1.29 is 9.90 Å². The zero-order valence-corrected chi connectivity index (χ0v) is 13.2. The van der Waals surface area contributed by atoms with E-state index in [1.54, 1.807) is 24.3 Å². The number of aromatic nitrogens is 2. The molecule has 2 aromatic heterocycles. The van der Waals surface area contributed by atoms with Crippen molar-refractivity contribution in [2.45, 2.75) is 0 Å². The quantitative estimate of drug-likeness (QED) is 0.547. The van der Waals surface area contributed by atoms with Gasteiger partial charge in [0, 0.05) is 10.8 Å². The number of hydrogen-bond donors (Lipinski definition) is 2. The van der Waals surface area contributed by atoms with Crippen molar-refractivity contribution in [1.82, 2.24) is 9.55 Å². The minimum Gasteiger partial charge on any atom is -0.494 e. The average Bonchev–Trinajstić information content (AvgIpc) is 2.86. The first-order chi connectivity index (χ1) is 11.6. The highest BCUT2D eigenvalue weighted by atomic mass is 35.5. The number of hydrogen-bond acceptors (Lipinski definition) is 3. The molecule has 0 fully saturated rings. The summed E-state index contributed by atoms with van der Waals surface area (Å²) in [6, 6.07) is 15.5. The van der Waals surface area contributed by atoms with Crippen LogP contribution in [0, 0.1) is 0 Å². The molecule has 0 saturated heterocycles. The smallest absolute Gasteiger partial charge is 0.326 e. The van der Waals surface area contributed by atoms with Gasteiger partial charge in [0.2, 0.25) is 5.88 Å². The SMILES string of the molecule is NC(=O)n1c(O)c(-c2cc(Cl)c3ccccc3n2)c2ccccc21. The van der Waals surface area contributed by atoms with E-state index in [0.29, 0.717) is 32.7 Å². The molecule has 0 radical (unpaired) electrons. The summed E-state index contributed by atoms with van der Waals surface area (Å²) < 4.78 is 1.06. The Bertz CT molecular complexity index is 1120. The molecule has 4 rings (SSSR count). The summed E-state index contributed by atoms with van der Waals surface area (Å²) in [4.78, 5) is 16.3. The third-order valence-electron chi connectivity index (χ3n) is 3.99. The predicted octanol–water partition coefficient (Wildman–Crippen LogP) is 4.14. The Balaban J connectivity index is 2.11. The highest BCUT2D eigenvalue weighted by molar-refractivity contribution is 6.35. The molecule has 0 aliphatic carbocycles. The number of para-hydroxylation sites is 2. The number of rotatable bonds is 1. The van der Waals surface area contributed by atoms with Gasteiger partial charge in [-0.3, -0.25) is 0 Å². The maximum atomic E-state index is 11.7. The van der Waals surface area contributed by atoms with Crippen molar-refractivity contribution >= 4 is 39.4 Å². The van der Waals surface area contributed by atoms with Gasteiger partial charge >= 0.3 is 6.03 Å². The van der Waals surface area contributed by atoms with Gasteiger partial charge in [-0.25, -0.2) is 14.3 Å². The molecule has 1 amide bonds. The zero-order valence-electron chi connectivity index (χ0n) is 12.4. The van der Waals surface area contributed by atoms with Gasteiger partial charge in [0.05, 0.1) is 27.3 Å². The Labute approximate surface area is 141 Å². The second kappa shape index (κ2) is 5.25. The van der Waals surface area contributed by atoms with E-state index < -0.39 is 6.03 Å². The Morgan fingerprint density at radius 3 is 2.50 bits per heavy atom. The van der Waals surface area contributed by atoms with Crippen LogP contribution >= 0.6 is 11.6 Å². The Kier molecular flexibility index (Phi) is 3.18. The number of carbonyl (C=O) groups excluding carboxylic acids is 1. The molecule has 6 heteroatoms. The van der Waals surface area contributed by atoms with Gasteiger partial charge < -0.3 is 10.8 Å². The second-order valence-corrected chi connectivity index (χ2v) is 5.80. The lowest BCUT2D eigenvalue weighted by atomic mass is 10.1. The van der Waals surface area contributed by atoms with E-state index in [-0.39, 0.29) is 5.88 Å². The number of benzene rings is 2. The van der Waals surface area contributed by atoms with Crippen LogP contribution in [-0.4, -0.2) is 20.7 Å². The van der Waals surface area contributed by atoms with Crippen molar-refractivity contribution in [3.05, 3.63) is 59.6 Å². The number of aromatic hydroxyl groups is 1. The summed E-state index contributed by atoms with van der Waals surface area (Å²) in [7, 11) is 0. The van der Waals surface area contributed by atoms with E-state index >= 15 is 0 Å². The molecular weight excluding hydrogens is 326 g/mol. The van der Waals surface area contributed by atoms with E-state index in [2.05, 4.69) is 4.98 Å². The van der Waals surface area contributed by atoms with Crippen molar-refractivity contribution in [2.75, 3.05) is 0 Å². The summed E-state index contributed by atoms with van der Waals surface area (Å²) in [6.45, 7) is 0. The minimum absolute atomic E-state index is 0.248. The maximum Gasteiger partial charge on any atom is 0.326 e.